The Morgan fingerprint density at radius 1 is 1.38 bits per heavy atom. The minimum absolute atomic E-state index is 0.000792. The molecule has 1 unspecified atom stereocenters. The number of hydrogen-bond acceptors (Lipinski definition) is 4. The fourth-order valence-electron chi connectivity index (χ4n) is 2.77. The van der Waals surface area contributed by atoms with Gasteiger partial charge in [-0.1, -0.05) is 24.9 Å². The molecule has 24 heavy (non-hydrogen) atoms. The number of nitrogens with zero attached hydrogens (tertiary/aromatic N) is 1. The number of ether oxygens (including phenoxy) is 2. The summed E-state index contributed by atoms with van der Waals surface area (Å²) in [6.07, 6.45) is 3.51. The third-order valence-electron chi connectivity index (χ3n) is 3.96. The summed E-state index contributed by atoms with van der Waals surface area (Å²) >= 11 is 6.10. The summed E-state index contributed by atoms with van der Waals surface area (Å²) in [6.45, 7) is 2.51. The van der Waals surface area contributed by atoms with Crippen LogP contribution in [0, 0.1) is 0 Å². The van der Waals surface area contributed by atoms with E-state index in [1.165, 1.54) is 0 Å². The van der Waals surface area contributed by atoms with Crippen LogP contribution in [0.1, 0.15) is 30.1 Å². The van der Waals surface area contributed by atoms with Crippen LogP contribution in [-0.4, -0.2) is 30.6 Å². The monoisotopic (exact) mass is 346 g/mol. The van der Waals surface area contributed by atoms with Gasteiger partial charge in [-0.2, -0.15) is 0 Å². The average molecular weight is 347 g/mol. The van der Waals surface area contributed by atoms with E-state index >= 15 is 0 Å². The first-order valence-electron chi connectivity index (χ1n) is 7.90. The van der Waals surface area contributed by atoms with Gasteiger partial charge < -0.3 is 14.8 Å². The molecule has 0 bridgehead atoms. The van der Waals surface area contributed by atoms with Gasteiger partial charge in [0, 0.05) is 22.3 Å². The van der Waals surface area contributed by atoms with E-state index in [1.54, 1.807) is 37.6 Å². The second kappa shape index (κ2) is 7.09. The molecule has 0 saturated heterocycles. The molecule has 5 nitrogen and oxygen atoms in total. The number of pyridine rings is 1. The van der Waals surface area contributed by atoms with E-state index < -0.39 is 0 Å². The number of aromatic nitrogens is 1. The van der Waals surface area contributed by atoms with Crippen LogP contribution in [0.3, 0.4) is 0 Å². The zero-order valence-corrected chi connectivity index (χ0v) is 14.4. The van der Waals surface area contributed by atoms with E-state index in [9.17, 15) is 4.79 Å². The number of methoxy groups -OCH3 is 1. The Bertz CT molecular complexity index is 764. The van der Waals surface area contributed by atoms with Gasteiger partial charge >= 0.3 is 0 Å². The minimum Gasteiger partial charge on any atom is -0.496 e. The van der Waals surface area contributed by atoms with Gasteiger partial charge in [-0.15, -0.1) is 0 Å². The van der Waals surface area contributed by atoms with Crippen LogP contribution in [0.4, 0.5) is 0 Å². The van der Waals surface area contributed by atoms with Gasteiger partial charge in [0.2, 0.25) is 5.88 Å². The van der Waals surface area contributed by atoms with Gasteiger partial charge in [-0.25, -0.2) is 4.98 Å². The summed E-state index contributed by atoms with van der Waals surface area (Å²) < 4.78 is 11.1. The Morgan fingerprint density at radius 2 is 2.21 bits per heavy atom. The standard InChI is InChI=1S/C18H19ClN2O3/c1-3-4-13-10-24-18-15(17(22)21-13)7-11(9-20-18)14-8-12(19)5-6-16(14)23-2/h5-9,13H,3-4,10H2,1-2H3,(H,21,22). The maximum atomic E-state index is 12.5. The smallest absolute Gasteiger partial charge is 0.257 e. The lowest BCUT2D eigenvalue weighted by molar-refractivity contribution is 0.0936. The Kier molecular flexibility index (Phi) is 4.90. The maximum Gasteiger partial charge on any atom is 0.257 e. The molecule has 3 rings (SSSR count). The molecule has 0 radical (unpaired) electrons. The highest BCUT2D eigenvalue weighted by Crippen LogP contribution is 2.34. The summed E-state index contributed by atoms with van der Waals surface area (Å²) in [5.41, 5.74) is 1.95. The summed E-state index contributed by atoms with van der Waals surface area (Å²) in [5.74, 6) is 0.854. The number of carbonyl (C=O) groups excluding carboxylic acids is 1. The minimum atomic E-state index is -0.170. The van der Waals surface area contributed by atoms with E-state index in [4.69, 9.17) is 21.1 Å². The highest BCUT2D eigenvalue weighted by molar-refractivity contribution is 6.31. The quantitative estimate of drug-likeness (QED) is 0.917. The average Bonchev–Trinajstić information content (AvgIpc) is 2.74. The fraction of sp³-hybridized carbons (Fsp3) is 0.333. The fourth-order valence-corrected chi connectivity index (χ4v) is 2.94. The molecule has 1 N–H and O–H groups in total. The predicted octanol–water partition coefficient (Wildman–Crippen LogP) is 3.70. The molecule has 1 aliphatic rings. The first-order valence-corrected chi connectivity index (χ1v) is 8.27. The van der Waals surface area contributed by atoms with Crippen molar-refractivity contribution in [1.82, 2.24) is 10.3 Å². The van der Waals surface area contributed by atoms with Crippen molar-refractivity contribution in [2.75, 3.05) is 13.7 Å². The summed E-state index contributed by atoms with van der Waals surface area (Å²) in [7, 11) is 1.59. The topological polar surface area (TPSA) is 60.5 Å². The molecular weight excluding hydrogens is 328 g/mol. The molecule has 0 aliphatic carbocycles. The van der Waals surface area contributed by atoms with Crippen LogP contribution >= 0.6 is 11.6 Å². The van der Waals surface area contributed by atoms with Gasteiger partial charge in [0.25, 0.3) is 5.91 Å². The Balaban J connectivity index is 2.00. The molecule has 1 amide bonds. The molecule has 2 heterocycles. The van der Waals surface area contributed by atoms with Crippen LogP contribution in [0.2, 0.25) is 5.02 Å². The number of carbonyl (C=O) groups is 1. The summed E-state index contributed by atoms with van der Waals surface area (Å²) in [6, 6.07) is 7.10. The molecule has 0 saturated carbocycles. The largest absolute Gasteiger partial charge is 0.496 e. The first kappa shape index (κ1) is 16.6. The van der Waals surface area contributed by atoms with Crippen LogP contribution in [-0.2, 0) is 0 Å². The maximum absolute atomic E-state index is 12.5. The van der Waals surface area contributed by atoms with E-state index in [1.807, 2.05) is 0 Å². The first-order chi connectivity index (χ1) is 11.6. The second-order valence-electron chi connectivity index (χ2n) is 5.69. The Labute approximate surface area is 145 Å². The number of amides is 1. The lowest BCUT2D eigenvalue weighted by Crippen LogP contribution is -2.36. The normalized spacial score (nSPS) is 16.6. The Hall–Kier alpha value is -2.27. The molecule has 1 aromatic carbocycles. The molecule has 0 spiro atoms. The molecule has 126 valence electrons. The lowest BCUT2D eigenvalue weighted by atomic mass is 10.0. The van der Waals surface area contributed by atoms with Gasteiger partial charge in [0.1, 0.15) is 17.9 Å². The van der Waals surface area contributed by atoms with Crippen LogP contribution in [0.25, 0.3) is 11.1 Å². The number of hydrogen-bond donors (Lipinski definition) is 1. The predicted molar refractivity (Wildman–Crippen MR) is 92.9 cm³/mol. The second-order valence-corrected chi connectivity index (χ2v) is 6.13. The van der Waals surface area contributed by atoms with Crippen LogP contribution < -0.4 is 14.8 Å². The van der Waals surface area contributed by atoms with Crippen molar-refractivity contribution in [3.05, 3.63) is 41.0 Å². The van der Waals surface area contributed by atoms with Crippen molar-refractivity contribution in [3.63, 3.8) is 0 Å². The van der Waals surface area contributed by atoms with E-state index in [-0.39, 0.29) is 11.9 Å². The van der Waals surface area contributed by atoms with Crippen LogP contribution in [0.15, 0.2) is 30.5 Å². The number of nitrogens with one attached hydrogen (secondary N) is 1. The molecule has 2 aromatic rings. The third kappa shape index (κ3) is 3.31. The molecule has 6 heteroatoms. The Morgan fingerprint density at radius 3 is 2.96 bits per heavy atom. The number of fused-ring (bicyclic) bond motifs is 1. The van der Waals surface area contributed by atoms with Crippen molar-refractivity contribution >= 4 is 17.5 Å². The number of benzene rings is 1. The van der Waals surface area contributed by atoms with Crippen molar-refractivity contribution in [2.24, 2.45) is 0 Å². The van der Waals surface area contributed by atoms with Gasteiger partial charge in [-0.3, -0.25) is 4.79 Å². The van der Waals surface area contributed by atoms with E-state index in [2.05, 4.69) is 17.2 Å². The molecule has 1 aromatic heterocycles. The third-order valence-corrected chi connectivity index (χ3v) is 4.20. The molecular formula is C18H19ClN2O3. The van der Waals surface area contributed by atoms with Crippen molar-refractivity contribution in [3.8, 4) is 22.8 Å². The van der Waals surface area contributed by atoms with Crippen molar-refractivity contribution < 1.29 is 14.3 Å². The zero-order chi connectivity index (χ0) is 17.1. The van der Waals surface area contributed by atoms with Crippen molar-refractivity contribution in [1.29, 1.82) is 0 Å². The van der Waals surface area contributed by atoms with Crippen LogP contribution in [0.5, 0.6) is 11.6 Å². The zero-order valence-electron chi connectivity index (χ0n) is 13.6. The van der Waals surface area contributed by atoms with E-state index in [0.717, 1.165) is 24.0 Å². The number of halogens is 1. The van der Waals surface area contributed by atoms with E-state index in [0.29, 0.717) is 28.8 Å². The highest BCUT2D eigenvalue weighted by Gasteiger charge is 2.24. The van der Waals surface area contributed by atoms with Crippen molar-refractivity contribution in [2.45, 2.75) is 25.8 Å². The summed E-state index contributed by atoms with van der Waals surface area (Å²) in [5, 5.41) is 3.58. The molecule has 1 atom stereocenters. The highest BCUT2D eigenvalue weighted by atomic mass is 35.5. The lowest BCUT2D eigenvalue weighted by Gasteiger charge is -2.13. The van der Waals surface area contributed by atoms with Gasteiger partial charge in [0.05, 0.1) is 13.2 Å². The van der Waals surface area contributed by atoms with Gasteiger partial charge in [0.15, 0.2) is 0 Å². The SMILES string of the molecule is CCCC1COc2ncc(-c3cc(Cl)ccc3OC)cc2C(=O)N1. The van der Waals surface area contributed by atoms with Gasteiger partial charge in [-0.05, 0) is 30.7 Å². The summed E-state index contributed by atoms with van der Waals surface area (Å²) in [4.78, 5) is 16.8. The number of rotatable bonds is 4. The molecule has 0 fully saturated rings. The molecule has 1 aliphatic heterocycles.